The van der Waals surface area contributed by atoms with Crippen LogP contribution in [0.2, 0.25) is 0 Å². The van der Waals surface area contributed by atoms with Gasteiger partial charge in [0, 0.05) is 6.42 Å². The lowest BCUT2D eigenvalue weighted by molar-refractivity contribution is -0.146. The number of hydrogen-bond acceptors (Lipinski definition) is 7. The summed E-state index contributed by atoms with van der Waals surface area (Å²) in [6.07, 6.45) is -1.10. The van der Waals surface area contributed by atoms with E-state index < -0.39 is 39.0 Å². The molecule has 0 saturated carbocycles. The van der Waals surface area contributed by atoms with Crippen LogP contribution in [-0.2, 0) is 30.8 Å². The first kappa shape index (κ1) is 24.4. The Balaban J connectivity index is 2.23. The SMILES string of the molecule is COc1ccc(S(=O)(=O)C(N)(CCC(=O)O)C(C)CC(=O)OCc2ccccc2)cc1. The number of carboxylic acids is 1. The molecule has 9 heteroatoms. The highest BCUT2D eigenvalue weighted by atomic mass is 32.2. The maximum absolute atomic E-state index is 13.4. The Morgan fingerprint density at radius 3 is 2.26 bits per heavy atom. The second-order valence-electron chi connectivity index (χ2n) is 7.28. The quantitative estimate of drug-likeness (QED) is 0.500. The third kappa shape index (κ3) is 6.05. The van der Waals surface area contributed by atoms with Gasteiger partial charge in [-0.05, 0) is 42.2 Å². The van der Waals surface area contributed by atoms with Crippen LogP contribution in [-0.4, -0.2) is 37.4 Å². The molecular weight excluding hydrogens is 422 g/mol. The van der Waals surface area contributed by atoms with E-state index in [1.54, 1.807) is 12.1 Å². The second-order valence-corrected chi connectivity index (χ2v) is 9.52. The Labute approximate surface area is 181 Å². The van der Waals surface area contributed by atoms with Crippen molar-refractivity contribution in [3.8, 4) is 5.75 Å². The number of sulfone groups is 1. The van der Waals surface area contributed by atoms with E-state index in [2.05, 4.69) is 0 Å². The molecular formula is C22H27NO7S. The molecule has 2 atom stereocenters. The highest BCUT2D eigenvalue weighted by molar-refractivity contribution is 7.92. The molecule has 0 aliphatic heterocycles. The van der Waals surface area contributed by atoms with Crippen LogP contribution in [0.1, 0.15) is 31.7 Å². The molecule has 3 N–H and O–H groups in total. The molecule has 2 aromatic rings. The fraction of sp³-hybridized carbons (Fsp3) is 0.364. The molecule has 0 spiro atoms. The van der Waals surface area contributed by atoms with Crippen molar-refractivity contribution in [3.05, 3.63) is 60.2 Å². The predicted molar refractivity (Wildman–Crippen MR) is 114 cm³/mol. The summed E-state index contributed by atoms with van der Waals surface area (Å²) in [5.74, 6) is -2.24. The fourth-order valence-corrected chi connectivity index (χ4v) is 5.06. The zero-order valence-electron chi connectivity index (χ0n) is 17.5. The summed E-state index contributed by atoms with van der Waals surface area (Å²) >= 11 is 0. The zero-order chi connectivity index (χ0) is 23.1. The maximum Gasteiger partial charge on any atom is 0.306 e. The largest absolute Gasteiger partial charge is 0.497 e. The van der Waals surface area contributed by atoms with Crippen molar-refractivity contribution in [1.29, 1.82) is 0 Å². The minimum Gasteiger partial charge on any atom is -0.497 e. The summed E-state index contributed by atoms with van der Waals surface area (Å²) < 4.78 is 37.0. The topological polar surface area (TPSA) is 133 Å². The lowest BCUT2D eigenvalue weighted by Crippen LogP contribution is -2.53. The number of esters is 1. The second kappa shape index (κ2) is 10.4. The minimum atomic E-state index is -4.18. The van der Waals surface area contributed by atoms with Crippen molar-refractivity contribution >= 4 is 21.8 Å². The molecule has 0 bridgehead atoms. The van der Waals surface area contributed by atoms with Gasteiger partial charge in [0.15, 0.2) is 9.84 Å². The van der Waals surface area contributed by atoms with Gasteiger partial charge in [-0.2, -0.15) is 0 Å². The average molecular weight is 450 g/mol. The number of methoxy groups -OCH3 is 1. The Bertz CT molecular complexity index is 990. The molecule has 0 aromatic heterocycles. The van der Waals surface area contributed by atoms with Gasteiger partial charge >= 0.3 is 11.9 Å². The fourth-order valence-electron chi connectivity index (χ4n) is 3.14. The van der Waals surface area contributed by atoms with Gasteiger partial charge in [0.2, 0.25) is 0 Å². The van der Waals surface area contributed by atoms with Crippen LogP contribution in [0, 0.1) is 5.92 Å². The Kier molecular flexibility index (Phi) is 8.18. The molecule has 168 valence electrons. The summed E-state index contributed by atoms with van der Waals surface area (Å²) in [5.41, 5.74) is 7.13. The molecule has 0 aliphatic rings. The van der Waals surface area contributed by atoms with E-state index >= 15 is 0 Å². The number of carbonyl (C=O) groups excluding carboxylic acids is 1. The molecule has 31 heavy (non-hydrogen) atoms. The molecule has 0 saturated heterocycles. The molecule has 0 radical (unpaired) electrons. The number of benzene rings is 2. The molecule has 8 nitrogen and oxygen atoms in total. The highest BCUT2D eigenvalue weighted by Crippen LogP contribution is 2.35. The molecule has 0 heterocycles. The van der Waals surface area contributed by atoms with E-state index in [1.807, 2.05) is 18.2 Å². The van der Waals surface area contributed by atoms with Gasteiger partial charge in [0.25, 0.3) is 0 Å². The lowest BCUT2D eigenvalue weighted by atomic mass is 9.94. The molecule has 0 fully saturated rings. The van der Waals surface area contributed by atoms with E-state index in [4.69, 9.17) is 20.3 Å². The Hall–Kier alpha value is -2.91. The number of hydrogen-bond donors (Lipinski definition) is 2. The summed E-state index contributed by atoms with van der Waals surface area (Å²) in [7, 11) is -2.73. The van der Waals surface area contributed by atoms with E-state index in [-0.39, 0.29) is 24.3 Å². The average Bonchev–Trinajstić information content (AvgIpc) is 2.76. The molecule has 0 amide bonds. The van der Waals surface area contributed by atoms with Crippen molar-refractivity contribution in [2.24, 2.45) is 11.7 Å². The summed E-state index contributed by atoms with van der Waals surface area (Å²) in [5, 5.41) is 9.10. The number of carboxylic acid groups (broad SMARTS) is 1. The van der Waals surface area contributed by atoms with Crippen molar-refractivity contribution in [3.63, 3.8) is 0 Å². The minimum absolute atomic E-state index is 0.0460. The third-order valence-corrected chi connectivity index (χ3v) is 7.65. The first-order chi connectivity index (χ1) is 14.6. The first-order valence-corrected chi connectivity index (χ1v) is 11.2. The van der Waals surface area contributed by atoms with Crippen LogP contribution in [0.4, 0.5) is 0 Å². The van der Waals surface area contributed by atoms with Gasteiger partial charge < -0.3 is 20.3 Å². The number of rotatable bonds is 11. The van der Waals surface area contributed by atoms with Crippen LogP contribution in [0.5, 0.6) is 5.75 Å². The standard InChI is InChI=1S/C22H27NO7S/c1-16(14-21(26)30-15-17-6-4-3-5-7-17)22(23,13-12-20(24)25)31(27,28)19-10-8-18(29-2)9-11-19/h3-11,16H,12-15,23H2,1-2H3,(H,24,25). The maximum atomic E-state index is 13.4. The summed E-state index contributed by atoms with van der Waals surface area (Å²) in [4.78, 5) is 21.4. The highest BCUT2D eigenvalue weighted by Gasteiger charge is 2.46. The van der Waals surface area contributed by atoms with E-state index in [9.17, 15) is 18.0 Å². The Morgan fingerprint density at radius 1 is 1.10 bits per heavy atom. The van der Waals surface area contributed by atoms with E-state index in [0.717, 1.165) is 5.56 Å². The first-order valence-electron chi connectivity index (χ1n) is 9.69. The molecule has 2 unspecified atom stereocenters. The van der Waals surface area contributed by atoms with Gasteiger partial charge in [-0.1, -0.05) is 37.3 Å². The number of carbonyl (C=O) groups is 2. The van der Waals surface area contributed by atoms with Crippen LogP contribution >= 0.6 is 0 Å². The summed E-state index contributed by atoms with van der Waals surface area (Å²) in [6, 6.07) is 14.7. The van der Waals surface area contributed by atoms with Crippen LogP contribution in [0.15, 0.2) is 59.5 Å². The monoisotopic (exact) mass is 449 g/mol. The smallest absolute Gasteiger partial charge is 0.306 e. The van der Waals surface area contributed by atoms with Gasteiger partial charge in [-0.15, -0.1) is 0 Å². The van der Waals surface area contributed by atoms with Gasteiger partial charge in [-0.3, -0.25) is 9.59 Å². The zero-order valence-corrected chi connectivity index (χ0v) is 18.3. The van der Waals surface area contributed by atoms with Crippen LogP contribution in [0.25, 0.3) is 0 Å². The molecule has 0 aliphatic carbocycles. The summed E-state index contributed by atoms with van der Waals surface area (Å²) in [6.45, 7) is 1.55. The lowest BCUT2D eigenvalue weighted by Gasteiger charge is -2.34. The predicted octanol–water partition coefficient (Wildman–Crippen LogP) is 2.76. The van der Waals surface area contributed by atoms with Gasteiger partial charge in [0.1, 0.15) is 17.2 Å². The van der Waals surface area contributed by atoms with E-state index in [1.165, 1.54) is 38.3 Å². The molecule has 2 rings (SSSR count). The number of ether oxygens (including phenoxy) is 2. The van der Waals surface area contributed by atoms with Gasteiger partial charge in [-0.25, -0.2) is 8.42 Å². The van der Waals surface area contributed by atoms with Crippen LogP contribution in [0.3, 0.4) is 0 Å². The van der Waals surface area contributed by atoms with Crippen molar-refractivity contribution < 1.29 is 32.6 Å². The number of nitrogens with two attached hydrogens (primary N) is 1. The van der Waals surface area contributed by atoms with Gasteiger partial charge in [0.05, 0.1) is 18.4 Å². The van der Waals surface area contributed by atoms with Crippen molar-refractivity contribution in [2.75, 3.05) is 7.11 Å². The number of aliphatic carboxylic acids is 1. The van der Waals surface area contributed by atoms with Crippen LogP contribution < -0.4 is 10.5 Å². The van der Waals surface area contributed by atoms with E-state index in [0.29, 0.717) is 5.75 Å². The van der Waals surface area contributed by atoms with Crippen molar-refractivity contribution in [1.82, 2.24) is 0 Å². The Morgan fingerprint density at radius 2 is 1.71 bits per heavy atom. The molecule has 2 aromatic carbocycles. The normalized spacial score (nSPS) is 14.3. The third-order valence-electron chi connectivity index (χ3n) is 5.15. The van der Waals surface area contributed by atoms with Crippen molar-refractivity contribution in [2.45, 2.75) is 42.6 Å².